The summed E-state index contributed by atoms with van der Waals surface area (Å²) in [6.07, 6.45) is 5.24. The lowest BCUT2D eigenvalue weighted by molar-refractivity contribution is -0.138. The number of nitrogens with zero attached hydrogens (tertiary/aromatic N) is 1. The van der Waals surface area contributed by atoms with Crippen molar-refractivity contribution in [3.8, 4) is 5.75 Å². The number of amides is 2. The SMILES string of the molecule is COc1ccc(CCCNC(=O)[C@H]2CCC(=O)N(C3CC3)C2)cc1. The maximum absolute atomic E-state index is 12.3. The molecule has 1 heterocycles. The third-order valence-electron chi connectivity index (χ3n) is 4.90. The number of nitrogens with one attached hydrogen (secondary N) is 1. The molecule has 24 heavy (non-hydrogen) atoms. The molecular weight excluding hydrogens is 304 g/mol. The second kappa shape index (κ2) is 7.69. The number of rotatable bonds is 7. The molecule has 1 aliphatic carbocycles. The molecule has 0 radical (unpaired) electrons. The third-order valence-corrected chi connectivity index (χ3v) is 4.90. The number of hydrogen-bond donors (Lipinski definition) is 1. The molecule has 130 valence electrons. The molecular formula is C19H26N2O3. The smallest absolute Gasteiger partial charge is 0.224 e. The molecule has 1 aromatic carbocycles. The van der Waals surface area contributed by atoms with Crippen LogP contribution in [-0.4, -0.2) is 43.0 Å². The minimum atomic E-state index is -0.0377. The van der Waals surface area contributed by atoms with Crippen molar-refractivity contribution in [3.63, 3.8) is 0 Å². The number of methoxy groups -OCH3 is 1. The lowest BCUT2D eigenvalue weighted by Gasteiger charge is -2.32. The molecule has 2 aliphatic rings. The van der Waals surface area contributed by atoms with Crippen LogP contribution in [-0.2, 0) is 16.0 Å². The summed E-state index contributed by atoms with van der Waals surface area (Å²) < 4.78 is 5.15. The number of hydrogen-bond acceptors (Lipinski definition) is 3. The van der Waals surface area contributed by atoms with E-state index in [-0.39, 0.29) is 17.7 Å². The Hall–Kier alpha value is -2.04. The molecule has 3 rings (SSSR count). The van der Waals surface area contributed by atoms with Crippen molar-refractivity contribution in [3.05, 3.63) is 29.8 Å². The summed E-state index contributed by atoms with van der Waals surface area (Å²) in [4.78, 5) is 26.1. The van der Waals surface area contributed by atoms with E-state index in [1.54, 1.807) is 7.11 Å². The zero-order chi connectivity index (χ0) is 16.9. The van der Waals surface area contributed by atoms with Crippen molar-refractivity contribution in [2.24, 2.45) is 5.92 Å². The highest BCUT2D eigenvalue weighted by Crippen LogP contribution is 2.31. The zero-order valence-corrected chi connectivity index (χ0v) is 14.3. The van der Waals surface area contributed by atoms with Gasteiger partial charge in [0, 0.05) is 25.6 Å². The zero-order valence-electron chi connectivity index (χ0n) is 14.3. The van der Waals surface area contributed by atoms with Gasteiger partial charge in [0.2, 0.25) is 11.8 Å². The number of aryl methyl sites for hydroxylation is 1. The Kier molecular flexibility index (Phi) is 5.38. The van der Waals surface area contributed by atoms with Gasteiger partial charge in [-0.05, 0) is 49.8 Å². The first-order chi connectivity index (χ1) is 11.7. The van der Waals surface area contributed by atoms with Crippen LogP contribution in [0.3, 0.4) is 0 Å². The van der Waals surface area contributed by atoms with Crippen LogP contribution in [0.4, 0.5) is 0 Å². The molecule has 1 N–H and O–H groups in total. The molecule has 1 atom stereocenters. The van der Waals surface area contributed by atoms with Gasteiger partial charge in [0.15, 0.2) is 0 Å². The van der Waals surface area contributed by atoms with E-state index in [4.69, 9.17) is 4.74 Å². The van der Waals surface area contributed by atoms with Crippen LogP contribution >= 0.6 is 0 Å². The van der Waals surface area contributed by atoms with Crippen LogP contribution in [0, 0.1) is 5.92 Å². The number of ether oxygens (including phenoxy) is 1. The van der Waals surface area contributed by atoms with Crippen LogP contribution in [0.15, 0.2) is 24.3 Å². The minimum absolute atomic E-state index is 0.0377. The number of carbonyl (C=O) groups is 2. The Bertz CT molecular complexity index is 581. The molecule has 5 nitrogen and oxygen atoms in total. The summed E-state index contributed by atoms with van der Waals surface area (Å²) in [6, 6.07) is 8.43. The van der Waals surface area contributed by atoms with Gasteiger partial charge in [-0.2, -0.15) is 0 Å². The molecule has 1 aromatic rings. The lowest BCUT2D eigenvalue weighted by Crippen LogP contribution is -2.46. The van der Waals surface area contributed by atoms with Gasteiger partial charge in [0.25, 0.3) is 0 Å². The Morgan fingerprint density at radius 2 is 2.00 bits per heavy atom. The second-order valence-electron chi connectivity index (χ2n) is 6.76. The summed E-state index contributed by atoms with van der Waals surface area (Å²) in [5, 5.41) is 3.04. The summed E-state index contributed by atoms with van der Waals surface area (Å²) in [6.45, 7) is 1.28. The fourth-order valence-corrected chi connectivity index (χ4v) is 3.27. The summed E-state index contributed by atoms with van der Waals surface area (Å²) >= 11 is 0. The standard InChI is InChI=1S/C19H26N2O3/c1-24-17-9-4-14(5-10-17)3-2-12-20-19(23)15-6-11-18(22)21(13-15)16-7-8-16/h4-5,9-10,15-16H,2-3,6-8,11-13H2,1H3,(H,20,23)/t15-/m0/s1. The average molecular weight is 330 g/mol. The number of benzene rings is 1. The minimum Gasteiger partial charge on any atom is -0.497 e. The Morgan fingerprint density at radius 3 is 2.67 bits per heavy atom. The van der Waals surface area contributed by atoms with Gasteiger partial charge >= 0.3 is 0 Å². The molecule has 0 spiro atoms. The van der Waals surface area contributed by atoms with Crippen molar-refractivity contribution < 1.29 is 14.3 Å². The van der Waals surface area contributed by atoms with Gasteiger partial charge in [-0.1, -0.05) is 12.1 Å². The maximum atomic E-state index is 12.3. The predicted molar refractivity (Wildman–Crippen MR) is 91.8 cm³/mol. The highest BCUT2D eigenvalue weighted by Gasteiger charge is 2.38. The Morgan fingerprint density at radius 1 is 1.25 bits per heavy atom. The predicted octanol–water partition coefficient (Wildman–Crippen LogP) is 2.14. The van der Waals surface area contributed by atoms with Crippen molar-refractivity contribution in [1.82, 2.24) is 10.2 Å². The molecule has 1 saturated heterocycles. The quantitative estimate of drug-likeness (QED) is 0.779. The van der Waals surface area contributed by atoms with Crippen molar-refractivity contribution in [2.75, 3.05) is 20.2 Å². The molecule has 0 aromatic heterocycles. The van der Waals surface area contributed by atoms with Gasteiger partial charge < -0.3 is 15.0 Å². The highest BCUT2D eigenvalue weighted by atomic mass is 16.5. The first-order valence-corrected chi connectivity index (χ1v) is 8.87. The molecule has 1 aliphatic heterocycles. The van der Waals surface area contributed by atoms with Crippen molar-refractivity contribution in [2.45, 2.75) is 44.6 Å². The topological polar surface area (TPSA) is 58.6 Å². The summed E-state index contributed by atoms with van der Waals surface area (Å²) in [7, 11) is 1.66. The number of likely N-dealkylation sites (tertiary alicyclic amines) is 1. The van der Waals surface area contributed by atoms with Crippen LogP contribution < -0.4 is 10.1 Å². The van der Waals surface area contributed by atoms with E-state index in [9.17, 15) is 9.59 Å². The molecule has 2 amide bonds. The normalized spacial score (nSPS) is 20.8. The van der Waals surface area contributed by atoms with Crippen molar-refractivity contribution in [1.29, 1.82) is 0 Å². The summed E-state index contributed by atoms with van der Waals surface area (Å²) in [5.74, 6) is 1.15. The van der Waals surface area contributed by atoms with E-state index in [2.05, 4.69) is 17.4 Å². The fraction of sp³-hybridized carbons (Fsp3) is 0.579. The van der Waals surface area contributed by atoms with E-state index in [1.807, 2.05) is 17.0 Å². The number of carbonyl (C=O) groups excluding carboxylic acids is 2. The van der Waals surface area contributed by atoms with Crippen LogP contribution in [0.1, 0.15) is 37.7 Å². The maximum Gasteiger partial charge on any atom is 0.224 e. The first kappa shape index (κ1) is 16.8. The van der Waals surface area contributed by atoms with Gasteiger partial charge in [0.05, 0.1) is 13.0 Å². The van der Waals surface area contributed by atoms with E-state index in [0.29, 0.717) is 32.0 Å². The van der Waals surface area contributed by atoms with E-state index >= 15 is 0 Å². The molecule has 0 bridgehead atoms. The largest absolute Gasteiger partial charge is 0.497 e. The lowest BCUT2D eigenvalue weighted by atomic mass is 9.96. The van der Waals surface area contributed by atoms with Gasteiger partial charge in [0.1, 0.15) is 5.75 Å². The molecule has 1 saturated carbocycles. The highest BCUT2D eigenvalue weighted by molar-refractivity contribution is 5.84. The Labute approximate surface area is 143 Å². The van der Waals surface area contributed by atoms with Crippen LogP contribution in [0.2, 0.25) is 0 Å². The van der Waals surface area contributed by atoms with Crippen LogP contribution in [0.25, 0.3) is 0 Å². The molecule has 2 fully saturated rings. The first-order valence-electron chi connectivity index (χ1n) is 8.87. The van der Waals surface area contributed by atoms with Gasteiger partial charge in [-0.15, -0.1) is 0 Å². The monoisotopic (exact) mass is 330 g/mol. The van der Waals surface area contributed by atoms with Gasteiger partial charge in [-0.25, -0.2) is 0 Å². The third kappa shape index (κ3) is 4.28. The summed E-state index contributed by atoms with van der Waals surface area (Å²) in [5.41, 5.74) is 1.24. The van der Waals surface area contributed by atoms with E-state index < -0.39 is 0 Å². The average Bonchev–Trinajstić information content (AvgIpc) is 3.44. The van der Waals surface area contributed by atoms with Gasteiger partial charge in [-0.3, -0.25) is 9.59 Å². The molecule has 0 unspecified atom stereocenters. The fourth-order valence-electron chi connectivity index (χ4n) is 3.27. The van der Waals surface area contributed by atoms with Crippen LogP contribution in [0.5, 0.6) is 5.75 Å². The van der Waals surface area contributed by atoms with E-state index in [1.165, 1.54) is 5.56 Å². The second-order valence-corrected chi connectivity index (χ2v) is 6.76. The van der Waals surface area contributed by atoms with E-state index in [0.717, 1.165) is 31.4 Å². The number of piperidine rings is 1. The van der Waals surface area contributed by atoms with Crippen molar-refractivity contribution >= 4 is 11.8 Å². The molecule has 5 heteroatoms. The Balaban J connectivity index is 1.38.